The highest BCUT2D eigenvalue weighted by Gasteiger charge is 2.29. The summed E-state index contributed by atoms with van der Waals surface area (Å²) in [6.07, 6.45) is 4.72. The Bertz CT molecular complexity index is 926. The molecule has 2 aliphatic heterocycles. The van der Waals surface area contributed by atoms with Gasteiger partial charge in [-0.3, -0.25) is 0 Å². The summed E-state index contributed by atoms with van der Waals surface area (Å²) in [7, 11) is -0.496. The minimum Gasteiger partial charge on any atom is -0.0720 e. The molecular formula is C21H14IP. The number of hydrogen-bond donors (Lipinski definition) is 0. The molecule has 2 heterocycles. The van der Waals surface area contributed by atoms with Gasteiger partial charge in [-0.25, -0.2) is 0 Å². The molecule has 0 spiro atoms. The largest absolute Gasteiger partial charge is 0.0720 e. The highest BCUT2D eigenvalue weighted by atomic mass is 127. The molecule has 6 rings (SSSR count). The lowest BCUT2D eigenvalue weighted by Crippen LogP contribution is -2.22. The Balaban J connectivity index is 1.89. The maximum Gasteiger partial charge on any atom is 0.0289 e. The van der Waals surface area contributed by atoms with Gasteiger partial charge in [-0.1, -0.05) is 72.8 Å². The van der Waals surface area contributed by atoms with Crippen molar-refractivity contribution in [2.24, 2.45) is 0 Å². The molecule has 1 aliphatic carbocycles. The van der Waals surface area contributed by atoms with Crippen LogP contribution in [0.3, 0.4) is 0 Å². The first-order chi connectivity index (χ1) is 11.3. The molecule has 0 aromatic heterocycles. The van der Waals surface area contributed by atoms with Crippen LogP contribution in [0.25, 0.3) is 6.08 Å². The average Bonchev–Trinajstić information content (AvgIpc) is 3.06. The fraction of sp³-hybridized carbons (Fsp3) is 0.0476. The highest BCUT2D eigenvalue weighted by molar-refractivity contribution is 14.1. The van der Waals surface area contributed by atoms with Crippen molar-refractivity contribution in [2.75, 3.05) is 0 Å². The Morgan fingerprint density at radius 1 is 0.783 bits per heavy atom. The van der Waals surface area contributed by atoms with Crippen molar-refractivity contribution in [3.8, 4) is 0 Å². The van der Waals surface area contributed by atoms with Gasteiger partial charge in [0.25, 0.3) is 0 Å². The lowest BCUT2D eigenvalue weighted by molar-refractivity contribution is 1.04. The van der Waals surface area contributed by atoms with E-state index < -0.39 is 7.92 Å². The lowest BCUT2D eigenvalue weighted by atomic mass is 9.93. The minimum atomic E-state index is -0.496. The average molecular weight is 424 g/mol. The van der Waals surface area contributed by atoms with E-state index in [2.05, 4.69) is 101 Å². The zero-order valence-electron chi connectivity index (χ0n) is 12.4. The Morgan fingerprint density at radius 2 is 1.52 bits per heavy atom. The molecule has 2 heteroatoms. The Kier molecular flexibility index (Phi) is 3.21. The van der Waals surface area contributed by atoms with Gasteiger partial charge in [-0.05, 0) is 69.2 Å². The molecule has 3 aromatic carbocycles. The van der Waals surface area contributed by atoms with Gasteiger partial charge in [0.1, 0.15) is 0 Å². The van der Waals surface area contributed by atoms with Crippen molar-refractivity contribution >= 4 is 52.5 Å². The molecule has 2 unspecified atom stereocenters. The molecule has 110 valence electrons. The van der Waals surface area contributed by atoms with Gasteiger partial charge in [-0.15, -0.1) is 0 Å². The fourth-order valence-electron chi connectivity index (χ4n) is 3.69. The van der Waals surface area contributed by atoms with Crippen LogP contribution in [-0.2, 0) is 0 Å². The predicted molar refractivity (Wildman–Crippen MR) is 109 cm³/mol. The van der Waals surface area contributed by atoms with Crippen molar-refractivity contribution < 1.29 is 0 Å². The number of rotatable bonds is 1. The quantitative estimate of drug-likeness (QED) is 0.398. The summed E-state index contributed by atoms with van der Waals surface area (Å²) in [5.41, 5.74) is 4.36. The summed E-state index contributed by atoms with van der Waals surface area (Å²) in [6, 6.07) is 25.0. The third kappa shape index (κ3) is 2.07. The lowest BCUT2D eigenvalue weighted by Gasteiger charge is -2.21. The zero-order valence-corrected chi connectivity index (χ0v) is 15.5. The number of hydrogen-bond acceptors (Lipinski definition) is 0. The van der Waals surface area contributed by atoms with Gasteiger partial charge < -0.3 is 0 Å². The molecule has 0 saturated heterocycles. The molecule has 0 N–H and O–H groups in total. The van der Waals surface area contributed by atoms with E-state index in [0.29, 0.717) is 5.92 Å². The van der Waals surface area contributed by atoms with Gasteiger partial charge in [0.05, 0.1) is 0 Å². The molecule has 3 aromatic rings. The van der Waals surface area contributed by atoms with Crippen LogP contribution in [0.1, 0.15) is 22.6 Å². The van der Waals surface area contributed by atoms with Crippen molar-refractivity contribution in [3.63, 3.8) is 0 Å². The topological polar surface area (TPSA) is 0 Å². The highest BCUT2D eigenvalue weighted by Crippen LogP contribution is 2.44. The number of halogens is 1. The number of fused-ring (bicyclic) bond motifs is 2. The van der Waals surface area contributed by atoms with E-state index >= 15 is 0 Å². The van der Waals surface area contributed by atoms with Gasteiger partial charge in [0.15, 0.2) is 0 Å². The van der Waals surface area contributed by atoms with Crippen LogP contribution >= 0.6 is 30.5 Å². The molecule has 0 radical (unpaired) electrons. The van der Waals surface area contributed by atoms with E-state index in [0.717, 1.165) is 0 Å². The second kappa shape index (κ2) is 5.29. The van der Waals surface area contributed by atoms with Crippen molar-refractivity contribution in [1.82, 2.24) is 0 Å². The van der Waals surface area contributed by atoms with Crippen LogP contribution in [0, 0.1) is 3.57 Å². The number of allylic oxidation sites excluding steroid dienone is 1. The molecule has 0 fully saturated rings. The summed E-state index contributed by atoms with van der Waals surface area (Å²) < 4.78 is 1.38. The van der Waals surface area contributed by atoms with Crippen LogP contribution in [0.2, 0.25) is 0 Å². The van der Waals surface area contributed by atoms with Crippen LogP contribution in [-0.4, -0.2) is 0 Å². The SMILES string of the molecule is Ic1ccc2c3c1C(C=C3)c1ccc(cc1)P2c1ccccc1. The molecule has 2 atom stereocenters. The normalized spacial score (nSPS) is 20.2. The molecule has 6 bridgehead atoms. The third-order valence-electron chi connectivity index (χ3n) is 4.74. The van der Waals surface area contributed by atoms with Gasteiger partial charge in [-0.2, -0.15) is 0 Å². The van der Waals surface area contributed by atoms with Gasteiger partial charge >= 0.3 is 0 Å². The van der Waals surface area contributed by atoms with E-state index in [1.807, 2.05) is 0 Å². The second-order valence-corrected chi connectivity index (χ2v) is 9.34. The molecule has 0 amide bonds. The predicted octanol–water partition coefficient (Wildman–Crippen LogP) is 4.52. The molecule has 3 aliphatic rings. The minimum absolute atomic E-state index is 0.414. The summed E-state index contributed by atoms with van der Waals surface area (Å²) in [5.74, 6) is 0.414. The van der Waals surface area contributed by atoms with E-state index in [9.17, 15) is 0 Å². The summed E-state index contributed by atoms with van der Waals surface area (Å²) in [4.78, 5) is 0. The van der Waals surface area contributed by atoms with Crippen LogP contribution in [0.4, 0.5) is 0 Å². The van der Waals surface area contributed by atoms with Crippen LogP contribution in [0.15, 0.2) is 72.8 Å². The molecule has 0 nitrogen and oxygen atoms in total. The molecule has 23 heavy (non-hydrogen) atoms. The van der Waals surface area contributed by atoms with Gasteiger partial charge in [0.2, 0.25) is 0 Å². The fourth-order valence-corrected chi connectivity index (χ4v) is 6.92. The van der Waals surface area contributed by atoms with E-state index in [1.54, 1.807) is 0 Å². The standard InChI is InChI=1S/C21H14IP/c22-19-12-13-20-18-11-10-17(21(18)19)14-6-8-16(9-7-14)23(20)15-4-2-1-3-5-15/h1-13,17H. The molecular weight excluding hydrogens is 410 g/mol. The third-order valence-corrected chi connectivity index (χ3v) is 8.18. The van der Waals surface area contributed by atoms with E-state index in [-0.39, 0.29) is 0 Å². The smallest absolute Gasteiger partial charge is 0.0289 e. The summed E-state index contributed by atoms with van der Waals surface area (Å²) in [5, 5.41) is 4.37. The first-order valence-electron chi connectivity index (χ1n) is 7.79. The first kappa shape index (κ1) is 13.9. The van der Waals surface area contributed by atoms with Crippen molar-refractivity contribution in [3.05, 3.63) is 93.1 Å². The monoisotopic (exact) mass is 424 g/mol. The van der Waals surface area contributed by atoms with Crippen molar-refractivity contribution in [2.45, 2.75) is 5.92 Å². The van der Waals surface area contributed by atoms with Gasteiger partial charge in [0, 0.05) is 9.49 Å². The Morgan fingerprint density at radius 3 is 2.30 bits per heavy atom. The number of benzene rings is 3. The molecule has 0 saturated carbocycles. The first-order valence-corrected chi connectivity index (χ1v) is 10.2. The Labute approximate surface area is 151 Å². The van der Waals surface area contributed by atoms with Crippen molar-refractivity contribution in [1.29, 1.82) is 0 Å². The summed E-state index contributed by atoms with van der Waals surface area (Å²) >= 11 is 2.49. The Hall–Kier alpha value is -1.44. The van der Waals surface area contributed by atoms with E-state index in [1.165, 1.54) is 36.2 Å². The van der Waals surface area contributed by atoms with E-state index in [4.69, 9.17) is 0 Å². The maximum atomic E-state index is 2.49. The zero-order chi connectivity index (χ0) is 15.4. The van der Waals surface area contributed by atoms with Crippen LogP contribution in [0.5, 0.6) is 0 Å². The second-order valence-electron chi connectivity index (χ2n) is 5.99. The maximum absolute atomic E-state index is 2.49. The summed E-state index contributed by atoms with van der Waals surface area (Å²) in [6.45, 7) is 0. The van der Waals surface area contributed by atoms with Crippen LogP contribution < -0.4 is 15.9 Å².